The minimum Gasteiger partial charge on any atom is -0.422 e. The second kappa shape index (κ2) is 6.77. The quantitative estimate of drug-likeness (QED) is 0.703. The average molecular weight is 449 g/mol. The summed E-state index contributed by atoms with van der Waals surface area (Å²) in [5.74, 6) is 1.04. The average Bonchev–Trinajstić information content (AvgIpc) is 3.15. The number of para-hydroxylation sites is 1. The van der Waals surface area contributed by atoms with E-state index in [1.165, 1.54) is 16.9 Å². The molecule has 5 heteroatoms. The van der Waals surface area contributed by atoms with Gasteiger partial charge in [0.05, 0.1) is 5.56 Å². The van der Waals surface area contributed by atoms with Crippen LogP contribution in [0, 0.1) is 17.3 Å². The van der Waals surface area contributed by atoms with Gasteiger partial charge in [-0.05, 0) is 61.8 Å². The number of thioether (sulfide) groups is 1. The highest BCUT2D eigenvalue weighted by atomic mass is 32.2. The van der Waals surface area contributed by atoms with Gasteiger partial charge in [0.25, 0.3) is 0 Å². The van der Waals surface area contributed by atoms with Crippen molar-refractivity contribution in [2.45, 2.75) is 69.3 Å². The van der Waals surface area contributed by atoms with Crippen molar-refractivity contribution >= 4 is 29.1 Å². The molecule has 32 heavy (non-hydrogen) atoms. The summed E-state index contributed by atoms with van der Waals surface area (Å²) in [5.41, 5.74) is 3.94. The normalized spacial score (nSPS) is 31.7. The molecule has 1 aromatic carbocycles. The molecule has 0 spiro atoms. The van der Waals surface area contributed by atoms with Crippen molar-refractivity contribution in [2.24, 2.45) is 17.3 Å². The number of hydrogen-bond acceptors (Lipinski definition) is 5. The molecule has 0 amide bonds. The summed E-state index contributed by atoms with van der Waals surface area (Å²) in [6.07, 6.45) is 4.69. The Hall–Kier alpha value is -1.98. The lowest BCUT2D eigenvalue weighted by Crippen LogP contribution is -2.66. The maximum absolute atomic E-state index is 13.3. The first-order chi connectivity index (χ1) is 15.2. The summed E-state index contributed by atoms with van der Waals surface area (Å²) < 4.78 is 6.21. The highest BCUT2D eigenvalue weighted by Gasteiger charge is 2.52. The summed E-state index contributed by atoms with van der Waals surface area (Å²) in [5, 5.41) is 4.51. The number of piperidine rings is 2. The zero-order valence-electron chi connectivity index (χ0n) is 19.6. The van der Waals surface area contributed by atoms with E-state index in [1.807, 2.05) is 12.1 Å². The van der Waals surface area contributed by atoms with Gasteiger partial charge in [-0.15, -0.1) is 0 Å². The van der Waals surface area contributed by atoms with Gasteiger partial charge in [-0.2, -0.15) is 0 Å². The van der Waals surface area contributed by atoms with Gasteiger partial charge in [0.15, 0.2) is 0 Å². The van der Waals surface area contributed by atoms with Crippen molar-refractivity contribution < 1.29 is 4.42 Å². The maximum Gasteiger partial charge on any atom is 0.342 e. The van der Waals surface area contributed by atoms with E-state index in [-0.39, 0.29) is 22.0 Å². The predicted octanol–water partition coefficient (Wildman–Crippen LogP) is 4.34. The second-order valence-electron chi connectivity index (χ2n) is 11.3. The van der Waals surface area contributed by atoms with Crippen LogP contribution in [0.25, 0.3) is 11.6 Å². The number of fused-ring (bicyclic) bond motifs is 2. The number of benzene rings is 1. The van der Waals surface area contributed by atoms with Gasteiger partial charge < -0.3 is 9.73 Å². The smallest absolute Gasteiger partial charge is 0.342 e. The van der Waals surface area contributed by atoms with Crippen LogP contribution >= 0.6 is 11.8 Å². The molecule has 6 rings (SSSR count). The fourth-order valence-corrected chi connectivity index (χ4v) is 7.86. The summed E-state index contributed by atoms with van der Waals surface area (Å²) in [6.45, 7) is 12.9. The molecule has 0 saturated carbocycles. The molecule has 4 nitrogen and oxygen atoms in total. The van der Waals surface area contributed by atoms with E-state index in [0.717, 1.165) is 34.9 Å². The Bertz CT molecular complexity index is 1270. The van der Waals surface area contributed by atoms with Gasteiger partial charge in [0.1, 0.15) is 10.8 Å². The molecule has 4 heterocycles. The molecule has 4 atom stereocenters. The third-order valence-electron chi connectivity index (χ3n) is 8.28. The highest BCUT2D eigenvalue weighted by molar-refractivity contribution is 8.00. The van der Waals surface area contributed by atoms with Crippen LogP contribution in [0.5, 0.6) is 0 Å². The molecule has 2 aromatic rings. The first-order valence-corrected chi connectivity index (χ1v) is 12.7. The molecule has 1 aliphatic carbocycles. The number of hydrogen-bond donors (Lipinski definition) is 1. The van der Waals surface area contributed by atoms with Gasteiger partial charge in [-0.3, -0.25) is 4.90 Å². The fourth-order valence-electron chi connectivity index (χ4n) is 6.71. The van der Waals surface area contributed by atoms with Crippen LogP contribution in [-0.2, 0) is 0 Å². The molecule has 3 aliphatic heterocycles. The first-order valence-electron chi connectivity index (χ1n) is 11.9. The third-order valence-corrected chi connectivity index (χ3v) is 9.50. The summed E-state index contributed by atoms with van der Waals surface area (Å²) in [4.78, 5) is 17.2. The van der Waals surface area contributed by atoms with Gasteiger partial charge in [0.2, 0.25) is 0 Å². The van der Waals surface area contributed by atoms with E-state index >= 15 is 0 Å². The van der Waals surface area contributed by atoms with Crippen molar-refractivity contribution in [3.05, 3.63) is 56.9 Å². The molecule has 1 aromatic heterocycles. The molecule has 2 saturated heterocycles. The van der Waals surface area contributed by atoms with Crippen molar-refractivity contribution in [1.29, 1.82) is 0 Å². The largest absolute Gasteiger partial charge is 0.422 e. The molecular weight excluding hydrogens is 416 g/mol. The van der Waals surface area contributed by atoms with Crippen LogP contribution in [0.4, 0.5) is 5.69 Å². The second-order valence-corrected chi connectivity index (χ2v) is 12.5. The van der Waals surface area contributed by atoms with Gasteiger partial charge in [-0.25, -0.2) is 4.79 Å². The predicted molar refractivity (Wildman–Crippen MR) is 131 cm³/mol. The zero-order valence-corrected chi connectivity index (χ0v) is 20.4. The zero-order chi connectivity index (χ0) is 22.4. The fraction of sp³-hybridized carbons (Fsp3) is 0.519. The summed E-state index contributed by atoms with van der Waals surface area (Å²) >= 11 is 1.70. The van der Waals surface area contributed by atoms with Crippen molar-refractivity contribution in [2.75, 3.05) is 11.9 Å². The Labute approximate surface area is 193 Å². The number of nitrogens with one attached hydrogen (secondary N) is 1. The Morgan fingerprint density at radius 3 is 2.75 bits per heavy atom. The van der Waals surface area contributed by atoms with Gasteiger partial charge in [-0.1, -0.05) is 50.7 Å². The molecule has 4 aliphatic rings. The third kappa shape index (κ3) is 2.90. The summed E-state index contributed by atoms with van der Waals surface area (Å²) in [6, 6.07) is 10.7. The van der Waals surface area contributed by atoms with Crippen LogP contribution in [0.2, 0.25) is 0 Å². The minimum atomic E-state index is -0.211. The van der Waals surface area contributed by atoms with E-state index in [9.17, 15) is 4.79 Å². The van der Waals surface area contributed by atoms with E-state index < -0.39 is 0 Å². The Balaban J connectivity index is 1.54. The lowest BCUT2D eigenvalue weighted by atomic mass is 9.61. The maximum atomic E-state index is 13.3. The molecule has 0 bridgehead atoms. The van der Waals surface area contributed by atoms with Crippen molar-refractivity contribution in [3.63, 3.8) is 0 Å². The monoisotopic (exact) mass is 448 g/mol. The van der Waals surface area contributed by atoms with E-state index in [2.05, 4.69) is 69.1 Å². The SMILES string of the molecule is CC1CC(C)(C)N2CCC(C)(C)C3=c4oc(=O)c(C5Nc6ccccc6S5)cc4=CC1C32. The van der Waals surface area contributed by atoms with E-state index in [0.29, 0.717) is 17.9 Å². The minimum absolute atomic E-state index is 0.0175. The first kappa shape index (κ1) is 20.6. The number of rotatable bonds is 1. The lowest BCUT2D eigenvalue weighted by molar-refractivity contribution is -0.0242. The molecule has 0 radical (unpaired) electrons. The van der Waals surface area contributed by atoms with E-state index in [1.54, 1.807) is 11.8 Å². The Kier molecular flexibility index (Phi) is 4.36. The Morgan fingerprint density at radius 1 is 1.19 bits per heavy atom. The number of nitrogens with zero attached hydrogens (tertiary/aromatic N) is 1. The lowest BCUT2D eigenvalue weighted by Gasteiger charge is -2.59. The standard InChI is InChI=1S/C27H32N2O2S/c1-15-14-27(4,5)29-11-10-26(2,3)21-22(29)17(15)12-16-13-18(25(30)31-23(16)21)24-28-19-8-6-7-9-20(19)32-24/h6-9,12-13,15,17,22,24,28H,10-11,14H2,1-5H3. The van der Waals surface area contributed by atoms with Gasteiger partial charge in [0, 0.05) is 39.8 Å². The van der Waals surface area contributed by atoms with E-state index in [4.69, 9.17) is 4.42 Å². The molecule has 1 N–H and O–H groups in total. The highest BCUT2D eigenvalue weighted by Crippen LogP contribution is 2.51. The molecular formula is C27H32N2O2S. The molecule has 168 valence electrons. The van der Waals surface area contributed by atoms with Crippen LogP contribution in [0.15, 0.2) is 44.4 Å². The molecule has 4 unspecified atom stereocenters. The number of anilines is 1. The topological polar surface area (TPSA) is 45.5 Å². The van der Waals surface area contributed by atoms with Crippen molar-refractivity contribution in [3.8, 4) is 0 Å². The summed E-state index contributed by atoms with van der Waals surface area (Å²) in [7, 11) is 0. The Morgan fingerprint density at radius 2 is 1.97 bits per heavy atom. The molecule has 2 fully saturated rings. The van der Waals surface area contributed by atoms with Crippen LogP contribution in [0.1, 0.15) is 58.4 Å². The van der Waals surface area contributed by atoms with Crippen LogP contribution < -0.4 is 21.6 Å². The van der Waals surface area contributed by atoms with Crippen molar-refractivity contribution in [1.82, 2.24) is 4.90 Å². The van der Waals surface area contributed by atoms with Crippen LogP contribution in [-0.4, -0.2) is 23.0 Å². The van der Waals surface area contributed by atoms with Crippen LogP contribution in [0.3, 0.4) is 0 Å². The van der Waals surface area contributed by atoms with Gasteiger partial charge >= 0.3 is 5.63 Å².